The maximum Gasteiger partial charge on any atom is 0.189 e. The van der Waals surface area contributed by atoms with E-state index in [9.17, 15) is 0 Å². The number of nitrogens with two attached hydrogens (primary N) is 1. The van der Waals surface area contributed by atoms with Gasteiger partial charge in [-0.05, 0) is 25.8 Å². The lowest BCUT2D eigenvalue weighted by molar-refractivity contribution is 0.864. The van der Waals surface area contributed by atoms with Gasteiger partial charge in [0.15, 0.2) is 5.96 Å². The van der Waals surface area contributed by atoms with Crippen molar-refractivity contribution in [1.29, 1.82) is 0 Å². The van der Waals surface area contributed by atoms with E-state index in [1.54, 1.807) is 12.4 Å². The van der Waals surface area contributed by atoms with Gasteiger partial charge in [-0.2, -0.15) is 0 Å². The molecule has 0 saturated heterocycles. The van der Waals surface area contributed by atoms with Crippen molar-refractivity contribution in [3.8, 4) is 5.82 Å². The number of pyridine rings is 1. The number of nitrogens with zero attached hydrogens (tertiary/aromatic N) is 4. The first kappa shape index (κ1) is 12.7. The fraction of sp³-hybridized carbons (Fsp3) is 0.357. The third kappa shape index (κ3) is 2.79. The molecule has 0 atom stereocenters. The summed E-state index contributed by atoms with van der Waals surface area (Å²) >= 11 is 0. The molecule has 0 amide bonds. The predicted molar refractivity (Wildman–Crippen MR) is 77.6 cm³/mol. The van der Waals surface area contributed by atoms with Crippen LogP contribution >= 0.6 is 0 Å². The first-order chi connectivity index (χ1) is 9.74. The zero-order valence-electron chi connectivity index (χ0n) is 11.5. The Morgan fingerprint density at radius 2 is 2.30 bits per heavy atom. The molecular formula is C14H18N6. The average Bonchev–Trinajstić information content (AvgIpc) is 3.16. The summed E-state index contributed by atoms with van der Waals surface area (Å²) in [6.45, 7) is 2.46. The van der Waals surface area contributed by atoms with E-state index >= 15 is 0 Å². The fourth-order valence-corrected chi connectivity index (χ4v) is 2.03. The molecule has 104 valence electrons. The Kier molecular flexibility index (Phi) is 3.37. The van der Waals surface area contributed by atoms with E-state index in [2.05, 4.69) is 20.3 Å². The van der Waals surface area contributed by atoms with E-state index in [0.717, 1.165) is 17.2 Å². The molecule has 1 aliphatic rings. The smallest absolute Gasteiger partial charge is 0.189 e. The van der Waals surface area contributed by atoms with E-state index in [0.29, 0.717) is 18.5 Å². The van der Waals surface area contributed by atoms with Crippen LogP contribution in [0.3, 0.4) is 0 Å². The molecule has 2 heterocycles. The number of aliphatic imine (C=N–C) groups is 1. The van der Waals surface area contributed by atoms with Gasteiger partial charge in [0.05, 0.1) is 6.54 Å². The topological polar surface area (TPSA) is 81.1 Å². The van der Waals surface area contributed by atoms with E-state index < -0.39 is 0 Å². The number of nitrogens with one attached hydrogen (secondary N) is 1. The van der Waals surface area contributed by atoms with E-state index in [1.807, 2.05) is 29.8 Å². The quantitative estimate of drug-likeness (QED) is 0.645. The number of rotatable bonds is 4. The number of hydrogen-bond donors (Lipinski definition) is 2. The Morgan fingerprint density at radius 1 is 1.45 bits per heavy atom. The molecule has 0 unspecified atom stereocenters. The average molecular weight is 270 g/mol. The largest absolute Gasteiger partial charge is 0.370 e. The summed E-state index contributed by atoms with van der Waals surface area (Å²) in [5.74, 6) is 2.26. The predicted octanol–water partition coefficient (Wildman–Crippen LogP) is 1.14. The molecule has 1 fully saturated rings. The van der Waals surface area contributed by atoms with Gasteiger partial charge in [-0.25, -0.2) is 15.0 Å². The maximum absolute atomic E-state index is 5.86. The highest BCUT2D eigenvalue weighted by atomic mass is 15.1. The first-order valence-corrected chi connectivity index (χ1v) is 6.74. The molecule has 0 spiro atoms. The second-order valence-corrected chi connectivity index (χ2v) is 4.95. The van der Waals surface area contributed by atoms with Crippen LogP contribution in [-0.2, 0) is 6.54 Å². The van der Waals surface area contributed by atoms with Gasteiger partial charge < -0.3 is 11.1 Å². The zero-order valence-corrected chi connectivity index (χ0v) is 11.5. The number of guanidine groups is 1. The number of imidazole rings is 1. The van der Waals surface area contributed by atoms with Gasteiger partial charge in [-0.15, -0.1) is 0 Å². The molecule has 6 heteroatoms. The normalized spacial score (nSPS) is 15.3. The first-order valence-electron chi connectivity index (χ1n) is 6.74. The van der Waals surface area contributed by atoms with Crippen molar-refractivity contribution in [2.24, 2.45) is 10.7 Å². The Labute approximate surface area is 117 Å². The minimum atomic E-state index is 0.504. The lowest BCUT2D eigenvalue weighted by Crippen LogP contribution is -2.33. The monoisotopic (exact) mass is 270 g/mol. The molecule has 2 aromatic rings. The lowest BCUT2D eigenvalue weighted by Gasteiger charge is -2.09. The summed E-state index contributed by atoms with van der Waals surface area (Å²) < 4.78 is 1.95. The second kappa shape index (κ2) is 5.32. The van der Waals surface area contributed by atoms with Crippen molar-refractivity contribution in [2.75, 3.05) is 0 Å². The fourth-order valence-electron chi connectivity index (χ4n) is 2.03. The van der Waals surface area contributed by atoms with Crippen LogP contribution < -0.4 is 11.1 Å². The third-order valence-electron chi connectivity index (χ3n) is 3.27. The molecule has 0 aliphatic heterocycles. The van der Waals surface area contributed by atoms with Gasteiger partial charge in [0, 0.05) is 30.2 Å². The van der Waals surface area contributed by atoms with Crippen molar-refractivity contribution in [1.82, 2.24) is 19.9 Å². The molecule has 1 aliphatic carbocycles. The van der Waals surface area contributed by atoms with E-state index in [-0.39, 0.29) is 0 Å². The van der Waals surface area contributed by atoms with Gasteiger partial charge in [-0.3, -0.25) is 4.57 Å². The SMILES string of the molecule is Cc1nccn1-c1ncccc1CN=C(N)NC1CC1. The maximum atomic E-state index is 5.86. The van der Waals surface area contributed by atoms with Crippen molar-refractivity contribution < 1.29 is 0 Å². The van der Waals surface area contributed by atoms with Gasteiger partial charge in [-0.1, -0.05) is 6.07 Å². The molecule has 2 aromatic heterocycles. The molecular weight excluding hydrogens is 252 g/mol. The van der Waals surface area contributed by atoms with Gasteiger partial charge in [0.1, 0.15) is 11.6 Å². The molecule has 0 radical (unpaired) electrons. The molecule has 1 saturated carbocycles. The molecule has 6 nitrogen and oxygen atoms in total. The second-order valence-electron chi connectivity index (χ2n) is 4.95. The molecule has 3 rings (SSSR count). The summed E-state index contributed by atoms with van der Waals surface area (Å²) in [5.41, 5.74) is 6.88. The van der Waals surface area contributed by atoms with E-state index in [1.165, 1.54) is 12.8 Å². The summed E-state index contributed by atoms with van der Waals surface area (Å²) in [6, 6.07) is 4.43. The standard InChI is InChI=1S/C14H18N6/c1-10-16-7-8-20(10)13-11(3-2-6-17-13)9-18-14(15)19-12-4-5-12/h2-3,6-8,12H,4-5,9H2,1H3,(H3,15,18,19). The Balaban J connectivity index is 1.81. The third-order valence-corrected chi connectivity index (χ3v) is 3.27. The van der Waals surface area contributed by atoms with Crippen LogP contribution in [0.4, 0.5) is 0 Å². The lowest BCUT2D eigenvalue weighted by atomic mass is 10.2. The van der Waals surface area contributed by atoms with Crippen LogP contribution in [0.1, 0.15) is 24.2 Å². The van der Waals surface area contributed by atoms with Crippen LogP contribution in [0, 0.1) is 6.92 Å². The molecule has 3 N–H and O–H groups in total. The molecule has 0 aromatic carbocycles. The Bertz CT molecular complexity index is 626. The van der Waals surface area contributed by atoms with Gasteiger partial charge in [0.25, 0.3) is 0 Å². The van der Waals surface area contributed by atoms with Crippen LogP contribution in [0.15, 0.2) is 35.7 Å². The summed E-state index contributed by atoms with van der Waals surface area (Å²) in [4.78, 5) is 13.0. The Morgan fingerprint density at radius 3 is 3.00 bits per heavy atom. The minimum absolute atomic E-state index is 0.504. The summed E-state index contributed by atoms with van der Waals surface area (Å²) in [7, 11) is 0. The van der Waals surface area contributed by atoms with Crippen LogP contribution in [-0.4, -0.2) is 26.5 Å². The van der Waals surface area contributed by atoms with Crippen molar-refractivity contribution in [3.63, 3.8) is 0 Å². The number of aromatic nitrogens is 3. The highest BCUT2D eigenvalue weighted by Gasteiger charge is 2.21. The summed E-state index contributed by atoms with van der Waals surface area (Å²) in [6.07, 6.45) is 7.80. The minimum Gasteiger partial charge on any atom is -0.370 e. The van der Waals surface area contributed by atoms with Gasteiger partial charge in [0.2, 0.25) is 0 Å². The van der Waals surface area contributed by atoms with Crippen LogP contribution in [0.5, 0.6) is 0 Å². The number of hydrogen-bond acceptors (Lipinski definition) is 3. The van der Waals surface area contributed by atoms with Crippen molar-refractivity contribution in [2.45, 2.75) is 32.4 Å². The van der Waals surface area contributed by atoms with E-state index in [4.69, 9.17) is 5.73 Å². The van der Waals surface area contributed by atoms with Crippen LogP contribution in [0.25, 0.3) is 5.82 Å². The molecule has 20 heavy (non-hydrogen) atoms. The number of aryl methyl sites for hydroxylation is 1. The highest BCUT2D eigenvalue weighted by Crippen LogP contribution is 2.18. The summed E-state index contributed by atoms with van der Waals surface area (Å²) in [5, 5.41) is 3.18. The highest BCUT2D eigenvalue weighted by molar-refractivity contribution is 5.78. The molecule has 0 bridgehead atoms. The van der Waals surface area contributed by atoms with Crippen LogP contribution in [0.2, 0.25) is 0 Å². The van der Waals surface area contributed by atoms with Gasteiger partial charge >= 0.3 is 0 Å². The van der Waals surface area contributed by atoms with Crippen molar-refractivity contribution in [3.05, 3.63) is 42.1 Å². The zero-order chi connectivity index (χ0) is 13.9. The van der Waals surface area contributed by atoms with Crippen molar-refractivity contribution >= 4 is 5.96 Å². The Hall–Kier alpha value is -2.37.